The molecule has 5 rings (SSSR count). The van der Waals surface area contributed by atoms with Gasteiger partial charge in [0, 0.05) is 48.5 Å². The highest BCUT2D eigenvalue weighted by Crippen LogP contribution is 2.23. The van der Waals surface area contributed by atoms with Crippen molar-refractivity contribution in [3.05, 3.63) is 46.8 Å². The largest absolute Gasteiger partial charge is 0.462 e. The number of hydrogen-bond acceptors (Lipinski definition) is 7. The summed E-state index contributed by atoms with van der Waals surface area (Å²) < 4.78 is 11.5. The number of nitrogens with zero attached hydrogens (tertiary/aromatic N) is 5. The van der Waals surface area contributed by atoms with Gasteiger partial charge >= 0.3 is 6.01 Å². The number of ether oxygens (including phenoxy) is 2. The second-order valence-corrected chi connectivity index (χ2v) is 9.51. The predicted molar refractivity (Wildman–Crippen MR) is 140 cm³/mol. The molecule has 3 aromatic rings. The number of benzene rings is 1. The molecule has 1 aromatic carbocycles. The monoisotopic (exact) mass is 476 g/mol. The van der Waals surface area contributed by atoms with Crippen LogP contribution in [0.1, 0.15) is 41.8 Å². The maximum atomic E-state index is 6.02. The first kappa shape index (κ1) is 23.8. The first-order valence-electron chi connectivity index (χ1n) is 12.8. The molecular weight excluding hydrogens is 440 g/mol. The lowest BCUT2D eigenvalue weighted by Gasteiger charge is -2.28. The van der Waals surface area contributed by atoms with Crippen molar-refractivity contribution in [1.29, 1.82) is 0 Å². The van der Waals surface area contributed by atoms with Crippen LogP contribution in [0.5, 0.6) is 6.01 Å². The number of aromatic amines is 1. The molecular formula is C27H36N6O2. The number of hydrogen-bond donors (Lipinski definition) is 1. The van der Waals surface area contributed by atoms with E-state index in [0.717, 1.165) is 44.2 Å². The van der Waals surface area contributed by atoms with Gasteiger partial charge in [-0.1, -0.05) is 12.5 Å². The first-order chi connectivity index (χ1) is 17.2. The van der Waals surface area contributed by atoms with E-state index in [1.165, 1.54) is 47.0 Å². The number of likely N-dealkylation sites (tertiary alicyclic amines) is 1. The van der Waals surface area contributed by atoms with Crippen LogP contribution in [-0.2, 0) is 11.3 Å². The van der Waals surface area contributed by atoms with Crippen molar-refractivity contribution >= 4 is 22.9 Å². The summed E-state index contributed by atoms with van der Waals surface area (Å²) in [5.74, 6) is 0.873. The Morgan fingerprint density at radius 3 is 2.71 bits per heavy atom. The van der Waals surface area contributed by atoms with Crippen molar-refractivity contribution in [2.75, 3.05) is 57.4 Å². The van der Waals surface area contributed by atoms with Gasteiger partial charge in [0.25, 0.3) is 0 Å². The van der Waals surface area contributed by atoms with E-state index in [1.54, 1.807) is 0 Å². The van der Waals surface area contributed by atoms with Crippen LogP contribution in [0.3, 0.4) is 0 Å². The van der Waals surface area contributed by atoms with Crippen LogP contribution in [0.2, 0.25) is 0 Å². The smallest absolute Gasteiger partial charge is 0.319 e. The molecule has 0 amide bonds. The third kappa shape index (κ3) is 6.00. The van der Waals surface area contributed by atoms with E-state index >= 15 is 0 Å². The zero-order valence-electron chi connectivity index (χ0n) is 20.9. The average Bonchev–Trinajstić information content (AvgIpc) is 3.18. The topological polar surface area (TPSA) is 78.9 Å². The van der Waals surface area contributed by atoms with Crippen LogP contribution in [-0.4, -0.2) is 78.6 Å². The Morgan fingerprint density at radius 1 is 1.06 bits per heavy atom. The summed E-state index contributed by atoms with van der Waals surface area (Å²) in [5.41, 5.74) is 5.62. The Hall–Kier alpha value is -2.97. The summed E-state index contributed by atoms with van der Waals surface area (Å²) in [5, 5.41) is 1.26. The maximum Gasteiger partial charge on any atom is 0.319 e. The van der Waals surface area contributed by atoms with E-state index in [-0.39, 0.29) is 0 Å². The predicted octanol–water partition coefficient (Wildman–Crippen LogP) is 3.90. The van der Waals surface area contributed by atoms with Crippen LogP contribution < -0.4 is 9.64 Å². The van der Waals surface area contributed by atoms with E-state index in [9.17, 15) is 0 Å². The van der Waals surface area contributed by atoms with E-state index < -0.39 is 0 Å². The molecule has 0 saturated carbocycles. The third-order valence-electron chi connectivity index (χ3n) is 7.00. The summed E-state index contributed by atoms with van der Waals surface area (Å²) >= 11 is 0. The fourth-order valence-corrected chi connectivity index (χ4v) is 4.82. The van der Waals surface area contributed by atoms with Crippen molar-refractivity contribution in [3.8, 4) is 6.01 Å². The van der Waals surface area contributed by atoms with E-state index in [2.05, 4.69) is 51.8 Å². The highest BCUT2D eigenvalue weighted by Gasteiger charge is 2.16. The minimum atomic E-state index is 0.423. The van der Waals surface area contributed by atoms with Crippen molar-refractivity contribution in [2.45, 2.75) is 39.7 Å². The second kappa shape index (κ2) is 11.2. The number of nitrogens with one attached hydrogen (secondary N) is 1. The van der Waals surface area contributed by atoms with Crippen LogP contribution >= 0.6 is 0 Å². The van der Waals surface area contributed by atoms with Gasteiger partial charge in [0.1, 0.15) is 12.4 Å². The van der Waals surface area contributed by atoms with Crippen molar-refractivity contribution < 1.29 is 9.47 Å². The molecule has 4 heterocycles. The molecule has 2 aliphatic rings. The SMILES string of the molecule is Cc1[nH]c2ccc(CN=Cc3cc(N4CCOCC4)nc(OCCN4CCCCC4)n3)cc2c1C. The number of aromatic nitrogens is 3. The fraction of sp³-hybridized carbons (Fsp3) is 0.519. The molecule has 2 aliphatic heterocycles. The maximum absolute atomic E-state index is 6.02. The molecule has 0 unspecified atom stereocenters. The summed E-state index contributed by atoms with van der Waals surface area (Å²) in [4.78, 5) is 22.2. The van der Waals surface area contributed by atoms with Gasteiger partial charge in [-0.2, -0.15) is 9.97 Å². The highest BCUT2D eigenvalue weighted by atomic mass is 16.5. The molecule has 2 saturated heterocycles. The van der Waals surface area contributed by atoms with Crippen molar-refractivity contribution in [3.63, 3.8) is 0 Å². The number of morpholine rings is 1. The Labute approximate surface area is 207 Å². The summed E-state index contributed by atoms with van der Waals surface area (Å²) in [6.45, 7) is 11.7. The van der Waals surface area contributed by atoms with Crippen LogP contribution in [0, 0.1) is 13.8 Å². The lowest BCUT2D eigenvalue weighted by molar-refractivity contribution is 0.122. The summed E-state index contributed by atoms with van der Waals surface area (Å²) in [7, 11) is 0. The van der Waals surface area contributed by atoms with E-state index in [1.807, 2.05) is 12.3 Å². The Balaban J connectivity index is 1.29. The van der Waals surface area contributed by atoms with Crippen molar-refractivity contribution in [1.82, 2.24) is 19.9 Å². The van der Waals surface area contributed by atoms with Gasteiger partial charge in [-0.05, 0) is 63.0 Å². The van der Waals surface area contributed by atoms with Gasteiger partial charge in [0.2, 0.25) is 0 Å². The van der Waals surface area contributed by atoms with Crippen LogP contribution in [0.15, 0.2) is 29.3 Å². The molecule has 0 radical (unpaired) electrons. The van der Waals surface area contributed by atoms with Gasteiger partial charge in [0.15, 0.2) is 0 Å². The molecule has 1 N–H and O–H groups in total. The fourth-order valence-electron chi connectivity index (χ4n) is 4.82. The Bertz CT molecular complexity index is 1160. The van der Waals surface area contributed by atoms with Gasteiger partial charge in [-0.15, -0.1) is 0 Å². The molecule has 0 spiro atoms. The molecule has 0 atom stereocenters. The molecule has 186 valence electrons. The van der Waals surface area contributed by atoms with Crippen LogP contribution in [0.4, 0.5) is 5.82 Å². The van der Waals surface area contributed by atoms with Gasteiger partial charge in [-0.25, -0.2) is 0 Å². The number of piperidine rings is 1. The van der Waals surface area contributed by atoms with Gasteiger partial charge in [0.05, 0.1) is 25.5 Å². The Kier molecular flexibility index (Phi) is 7.59. The number of H-pyrrole nitrogens is 1. The zero-order chi connectivity index (χ0) is 24.0. The van der Waals surface area contributed by atoms with E-state index in [0.29, 0.717) is 32.4 Å². The number of fused-ring (bicyclic) bond motifs is 1. The zero-order valence-corrected chi connectivity index (χ0v) is 20.9. The number of aliphatic imine (C=N–C) groups is 1. The third-order valence-corrected chi connectivity index (χ3v) is 7.00. The van der Waals surface area contributed by atoms with Gasteiger partial charge < -0.3 is 19.4 Å². The van der Waals surface area contributed by atoms with Crippen LogP contribution in [0.25, 0.3) is 10.9 Å². The molecule has 35 heavy (non-hydrogen) atoms. The van der Waals surface area contributed by atoms with Gasteiger partial charge in [-0.3, -0.25) is 9.89 Å². The summed E-state index contributed by atoms with van der Waals surface area (Å²) in [6.07, 6.45) is 5.73. The first-order valence-corrected chi connectivity index (χ1v) is 12.8. The standard InChI is InChI=1S/C27H36N6O2/c1-20-21(2)29-25-7-6-22(16-24(20)25)18-28-19-23-17-26(33-11-13-34-14-12-33)31-27(30-23)35-15-10-32-8-4-3-5-9-32/h6-7,16-17,19,29H,3-5,8-15,18H2,1-2H3. The van der Waals surface area contributed by atoms with E-state index in [4.69, 9.17) is 19.5 Å². The minimum Gasteiger partial charge on any atom is -0.462 e. The average molecular weight is 477 g/mol. The number of aryl methyl sites for hydroxylation is 2. The number of rotatable bonds is 8. The molecule has 0 bridgehead atoms. The lowest BCUT2D eigenvalue weighted by atomic mass is 10.1. The van der Waals surface area contributed by atoms with Crippen molar-refractivity contribution in [2.24, 2.45) is 4.99 Å². The second-order valence-electron chi connectivity index (χ2n) is 9.51. The quantitative estimate of drug-likeness (QED) is 0.497. The minimum absolute atomic E-state index is 0.423. The molecule has 8 heteroatoms. The molecule has 0 aliphatic carbocycles. The highest BCUT2D eigenvalue weighted by molar-refractivity contribution is 5.85. The normalized spacial score (nSPS) is 17.5. The Morgan fingerprint density at radius 2 is 1.89 bits per heavy atom. The lowest BCUT2D eigenvalue weighted by Crippen LogP contribution is -2.37. The molecule has 8 nitrogen and oxygen atoms in total. The summed E-state index contributed by atoms with van der Waals surface area (Å²) in [6, 6.07) is 8.90. The molecule has 2 fully saturated rings. The number of anilines is 1. The molecule has 2 aromatic heterocycles.